The van der Waals surface area contributed by atoms with Gasteiger partial charge in [0.15, 0.2) is 5.70 Å². The summed E-state index contributed by atoms with van der Waals surface area (Å²) in [6.45, 7) is 4.31. The molecule has 8 heteroatoms. The second-order valence-corrected chi connectivity index (χ2v) is 6.17. The molecule has 0 aromatic heterocycles. The van der Waals surface area contributed by atoms with Crippen LogP contribution in [0.4, 0.5) is 14.5 Å². The van der Waals surface area contributed by atoms with Crippen molar-refractivity contribution in [2.24, 2.45) is 0 Å². The third kappa shape index (κ3) is 3.87. The van der Waals surface area contributed by atoms with Crippen molar-refractivity contribution in [3.63, 3.8) is 0 Å². The fourth-order valence-electron chi connectivity index (χ4n) is 3.00. The number of anilines is 1. The fraction of sp³-hybridized carbons (Fsp3) is 0.190. The van der Waals surface area contributed by atoms with Gasteiger partial charge in [-0.05, 0) is 56.3 Å². The molecule has 0 saturated heterocycles. The number of likely N-dealkylation sites (N-methyl/N-ethyl adjacent to an activating group) is 1. The van der Waals surface area contributed by atoms with Crippen LogP contribution in [0, 0.1) is 11.6 Å². The largest absolute Gasteiger partial charge is 0.414 e. The van der Waals surface area contributed by atoms with E-state index in [2.05, 4.69) is 0 Å². The van der Waals surface area contributed by atoms with E-state index in [1.54, 1.807) is 18.7 Å². The molecule has 2 amide bonds. The predicted octanol–water partition coefficient (Wildman–Crippen LogP) is 3.25. The van der Waals surface area contributed by atoms with Gasteiger partial charge in [0.1, 0.15) is 11.6 Å². The monoisotopic (exact) mass is 400 g/mol. The molecule has 29 heavy (non-hydrogen) atoms. The summed E-state index contributed by atoms with van der Waals surface area (Å²) in [6.07, 6.45) is 0. The molecule has 1 aliphatic rings. The van der Waals surface area contributed by atoms with Crippen molar-refractivity contribution < 1.29 is 27.9 Å². The number of halogens is 2. The molecule has 1 heterocycles. The highest BCUT2D eigenvalue weighted by Crippen LogP contribution is 2.30. The van der Waals surface area contributed by atoms with Crippen LogP contribution < -0.4 is 4.90 Å². The number of amides is 2. The van der Waals surface area contributed by atoms with Gasteiger partial charge in [-0.1, -0.05) is 6.07 Å². The third-order valence-electron chi connectivity index (χ3n) is 4.44. The Morgan fingerprint density at radius 2 is 1.62 bits per heavy atom. The second kappa shape index (κ2) is 8.22. The zero-order valence-electron chi connectivity index (χ0n) is 15.8. The summed E-state index contributed by atoms with van der Waals surface area (Å²) in [5.41, 5.74) is -0.0335. The lowest BCUT2D eigenvalue weighted by atomic mass is 10.2. The number of hydrogen-bond acceptors (Lipinski definition) is 5. The zero-order valence-corrected chi connectivity index (χ0v) is 15.8. The minimum atomic E-state index is -0.966. The smallest absolute Gasteiger partial charge is 0.343 e. The first-order valence-corrected chi connectivity index (χ1v) is 8.98. The molecule has 0 radical (unpaired) electrons. The lowest BCUT2D eigenvalue weighted by Crippen LogP contribution is -2.35. The topological polar surface area (TPSA) is 66.9 Å². The van der Waals surface area contributed by atoms with Crippen molar-refractivity contribution in [2.75, 3.05) is 18.0 Å². The first-order valence-electron chi connectivity index (χ1n) is 8.98. The molecule has 0 atom stereocenters. The van der Waals surface area contributed by atoms with Crippen LogP contribution >= 0.6 is 0 Å². The molecule has 2 aromatic rings. The van der Waals surface area contributed by atoms with Crippen LogP contribution in [0.2, 0.25) is 0 Å². The standard InChI is InChI=1S/C21H18F2N2O4/c1-3-24(4-2)17-18(29-21(28)13-6-5-7-15(23)12-13)20(27)25(19(17)26)16-10-8-14(22)9-11-16/h5-12H,3-4H2,1-2H3. The first-order chi connectivity index (χ1) is 13.9. The van der Waals surface area contributed by atoms with E-state index in [9.17, 15) is 23.2 Å². The molecule has 150 valence electrons. The number of ether oxygens (including phenoxy) is 1. The fourth-order valence-corrected chi connectivity index (χ4v) is 3.00. The summed E-state index contributed by atoms with van der Waals surface area (Å²) in [6, 6.07) is 9.59. The summed E-state index contributed by atoms with van der Waals surface area (Å²) in [5, 5.41) is 0. The third-order valence-corrected chi connectivity index (χ3v) is 4.44. The van der Waals surface area contributed by atoms with Gasteiger partial charge < -0.3 is 9.64 Å². The Hall–Kier alpha value is -3.55. The molecule has 0 fully saturated rings. The lowest BCUT2D eigenvalue weighted by molar-refractivity contribution is -0.122. The van der Waals surface area contributed by atoms with Crippen LogP contribution in [0.5, 0.6) is 0 Å². The highest BCUT2D eigenvalue weighted by molar-refractivity contribution is 6.32. The van der Waals surface area contributed by atoms with Crippen molar-refractivity contribution in [1.82, 2.24) is 4.90 Å². The Morgan fingerprint density at radius 1 is 0.966 bits per heavy atom. The maximum atomic E-state index is 13.4. The van der Waals surface area contributed by atoms with Crippen LogP contribution in [0.3, 0.4) is 0 Å². The normalized spacial score (nSPS) is 13.9. The van der Waals surface area contributed by atoms with Crippen molar-refractivity contribution in [3.8, 4) is 0 Å². The Labute approximate surface area is 166 Å². The van der Waals surface area contributed by atoms with Crippen molar-refractivity contribution in [3.05, 3.63) is 77.2 Å². The summed E-state index contributed by atoms with van der Waals surface area (Å²) in [4.78, 5) is 40.8. The van der Waals surface area contributed by atoms with Crippen LogP contribution in [-0.4, -0.2) is 35.8 Å². The van der Waals surface area contributed by atoms with Gasteiger partial charge in [0, 0.05) is 13.1 Å². The molecule has 6 nitrogen and oxygen atoms in total. The van der Waals surface area contributed by atoms with Crippen LogP contribution in [0.25, 0.3) is 0 Å². The Balaban J connectivity index is 2.01. The van der Waals surface area contributed by atoms with E-state index in [-0.39, 0.29) is 16.9 Å². The van der Waals surface area contributed by atoms with Crippen LogP contribution in [0.1, 0.15) is 24.2 Å². The van der Waals surface area contributed by atoms with Gasteiger partial charge >= 0.3 is 11.9 Å². The minimum Gasteiger partial charge on any atom is -0.414 e. The van der Waals surface area contributed by atoms with E-state index < -0.39 is 35.2 Å². The van der Waals surface area contributed by atoms with Crippen molar-refractivity contribution >= 4 is 23.5 Å². The number of esters is 1. The molecule has 0 bridgehead atoms. The summed E-state index contributed by atoms with van der Waals surface area (Å²) in [7, 11) is 0. The number of carbonyl (C=O) groups is 3. The SMILES string of the molecule is CCN(CC)C1=C(OC(=O)c2cccc(F)c2)C(=O)N(c2ccc(F)cc2)C1=O. The summed E-state index contributed by atoms with van der Waals surface area (Å²) in [5.74, 6) is -4.12. The van der Waals surface area contributed by atoms with Crippen molar-refractivity contribution in [2.45, 2.75) is 13.8 Å². The number of hydrogen-bond donors (Lipinski definition) is 0. The van der Waals surface area contributed by atoms with Crippen molar-refractivity contribution in [1.29, 1.82) is 0 Å². The second-order valence-electron chi connectivity index (χ2n) is 6.17. The van der Waals surface area contributed by atoms with Gasteiger partial charge in [0.2, 0.25) is 5.76 Å². The molecule has 0 spiro atoms. The van der Waals surface area contributed by atoms with E-state index >= 15 is 0 Å². The zero-order chi connectivity index (χ0) is 21.1. The predicted molar refractivity (Wildman–Crippen MR) is 101 cm³/mol. The van der Waals surface area contributed by atoms with Gasteiger partial charge in [-0.2, -0.15) is 0 Å². The van der Waals surface area contributed by atoms with E-state index in [1.165, 1.54) is 24.3 Å². The Morgan fingerprint density at radius 3 is 2.21 bits per heavy atom. The highest BCUT2D eigenvalue weighted by atomic mass is 19.1. The molecular weight excluding hydrogens is 382 g/mol. The first kappa shape index (κ1) is 20.2. The lowest BCUT2D eigenvalue weighted by Gasteiger charge is -2.22. The summed E-state index contributed by atoms with van der Waals surface area (Å²) >= 11 is 0. The van der Waals surface area contributed by atoms with E-state index in [0.29, 0.717) is 13.1 Å². The van der Waals surface area contributed by atoms with Gasteiger partial charge in [-0.15, -0.1) is 0 Å². The molecule has 2 aromatic carbocycles. The van der Waals surface area contributed by atoms with Gasteiger partial charge in [-0.25, -0.2) is 18.5 Å². The Kier molecular flexibility index (Phi) is 5.72. The quantitative estimate of drug-likeness (QED) is 0.550. The van der Waals surface area contributed by atoms with Gasteiger partial charge in [-0.3, -0.25) is 9.59 Å². The van der Waals surface area contributed by atoms with Gasteiger partial charge in [0.25, 0.3) is 5.91 Å². The van der Waals surface area contributed by atoms with Gasteiger partial charge in [0.05, 0.1) is 11.3 Å². The van der Waals surface area contributed by atoms with E-state index in [0.717, 1.165) is 29.2 Å². The molecular formula is C21H18F2N2O4. The van der Waals surface area contributed by atoms with Crippen LogP contribution in [0.15, 0.2) is 60.0 Å². The Bertz CT molecular complexity index is 998. The maximum Gasteiger partial charge on any atom is 0.343 e. The maximum absolute atomic E-state index is 13.4. The highest BCUT2D eigenvalue weighted by Gasteiger charge is 2.44. The van der Waals surface area contributed by atoms with E-state index in [4.69, 9.17) is 4.74 Å². The minimum absolute atomic E-state index is 0.0749. The van der Waals surface area contributed by atoms with Crippen LogP contribution in [-0.2, 0) is 14.3 Å². The molecule has 3 rings (SSSR count). The molecule has 0 N–H and O–H groups in total. The van der Waals surface area contributed by atoms with E-state index in [1.807, 2.05) is 0 Å². The molecule has 0 unspecified atom stereocenters. The number of imide groups is 1. The number of carbonyl (C=O) groups excluding carboxylic acids is 3. The average molecular weight is 400 g/mol. The molecule has 0 saturated carbocycles. The number of rotatable bonds is 6. The molecule has 0 aliphatic carbocycles. The summed E-state index contributed by atoms with van der Waals surface area (Å²) < 4.78 is 31.9. The number of nitrogens with zero attached hydrogens (tertiary/aromatic N) is 2. The average Bonchev–Trinajstić information content (AvgIpc) is 2.94. The number of benzene rings is 2. The molecule has 1 aliphatic heterocycles.